The number of carbonyl (C=O) groups excluding carboxylic acids is 1. The summed E-state index contributed by atoms with van der Waals surface area (Å²) in [5.41, 5.74) is 0.0490. The first-order chi connectivity index (χ1) is 16.2. The average Bonchev–Trinajstić information content (AvgIpc) is 3.06. The standard InChI is InChI=1S/C24H28F3N5O2/c1-4-19(33)31-9-6-10-32(12-11-31)22-20-21(16-7-5-8-17(14-16)24(25,26)27)30-34-23(20)29-18(28-22)13-15(2)3/h5,7-8,14-15H,4,6,9-13H2,1-3H3. The van der Waals surface area contributed by atoms with E-state index in [-0.39, 0.29) is 22.9 Å². The fourth-order valence-corrected chi connectivity index (χ4v) is 4.21. The van der Waals surface area contributed by atoms with Gasteiger partial charge in [0, 0.05) is 44.6 Å². The number of nitrogens with zero attached hydrogens (tertiary/aromatic N) is 5. The van der Waals surface area contributed by atoms with Crippen LogP contribution >= 0.6 is 0 Å². The van der Waals surface area contributed by atoms with E-state index in [0.717, 1.165) is 18.6 Å². The highest BCUT2D eigenvalue weighted by molar-refractivity contribution is 5.98. The van der Waals surface area contributed by atoms with Gasteiger partial charge in [0.25, 0.3) is 5.71 Å². The third kappa shape index (κ3) is 5.00. The molecule has 182 valence electrons. The van der Waals surface area contributed by atoms with Crippen molar-refractivity contribution in [2.24, 2.45) is 5.92 Å². The highest BCUT2D eigenvalue weighted by atomic mass is 19.4. The van der Waals surface area contributed by atoms with Crippen molar-refractivity contribution < 1.29 is 22.5 Å². The van der Waals surface area contributed by atoms with Crippen LogP contribution in [0.25, 0.3) is 22.4 Å². The number of alkyl halides is 3. The Hall–Kier alpha value is -3.17. The number of amides is 1. The van der Waals surface area contributed by atoms with Crippen molar-refractivity contribution >= 4 is 22.8 Å². The smallest absolute Gasteiger partial charge is 0.354 e. The van der Waals surface area contributed by atoms with Gasteiger partial charge in [-0.3, -0.25) is 4.79 Å². The van der Waals surface area contributed by atoms with Crippen LogP contribution in [-0.2, 0) is 17.4 Å². The molecule has 0 bridgehead atoms. The van der Waals surface area contributed by atoms with Gasteiger partial charge in [0.1, 0.15) is 22.7 Å². The number of benzene rings is 1. The number of aromatic nitrogens is 3. The quantitative estimate of drug-likeness (QED) is 0.520. The molecule has 1 aliphatic heterocycles. The van der Waals surface area contributed by atoms with Crippen molar-refractivity contribution in [2.75, 3.05) is 31.1 Å². The molecule has 3 heterocycles. The molecule has 0 radical (unpaired) electrons. The molecule has 0 N–H and O–H groups in total. The van der Waals surface area contributed by atoms with Gasteiger partial charge in [-0.05, 0) is 24.5 Å². The van der Waals surface area contributed by atoms with Gasteiger partial charge in [0.15, 0.2) is 0 Å². The molecule has 0 atom stereocenters. The van der Waals surface area contributed by atoms with E-state index in [9.17, 15) is 18.0 Å². The lowest BCUT2D eigenvalue weighted by Gasteiger charge is -2.23. The van der Waals surface area contributed by atoms with Gasteiger partial charge in [-0.25, -0.2) is 4.98 Å². The number of hydrogen-bond donors (Lipinski definition) is 0. The molecule has 1 aliphatic rings. The van der Waals surface area contributed by atoms with Crippen molar-refractivity contribution in [1.29, 1.82) is 0 Å². The van der Waals surface area contributed by atoms with E-state index in [1.165, 1.54) is 6.07 Å². The molecule has 1 amide bonds. The van der Waals surface area contributed by atoms with E-state index in [0.29, 0.717) is 62.0 Å². The molecule has 3 aromatic rings. The van der Waals surface area contributed by atoms with Crippen LogP contribution in [0.4, 0.5) is 19.0 Å². The molecule has 4 rings (SSSR count). The van der Waals surface area contributed by atoms with Crippen LogP contribution in [0.1, 0.15) is 45.0 Å². The second-order valence-corrected chi connectivity index (χ2v) is 8.93. The summed E-state index contributed by atoms with van der Waals surface area (Å²) >= 11 is 0. The molecule has 10 heteroatoms. The predicted octanol–water partition coefficient (Wildman–Crippen LogP) is 4.95. The molecule has 0 spiro atoms. The Balaban J connectivity index is 1.81. The van der Waals surface area contributed by atoms with E-state index in [2.05, 4.69) is 28.9 Å². The molecule has 2 aromatic heterocycles. The third-order valence-electron chi connectivity index (χ3n) is 5.87. The second kappa shape index (κ2) is 9.60. The molecule has 1 saturated heterocycles. The largest absolute Gasteiger partial charge is 0.416 e. The van der Waals surface area contributed by atoms with E-state index >= 15 is 0 Å². The van der Waals surface area contributed by atoms with Crippen LogP contribution in [-0.4, -0.2) is 52.1 Å². The first-order valence-corrected chi connectivity index (χ1v) is 11.5. The van der Waals surface area contributed by atoms with Gasteiger partial charge in [-0.2, -0.15) is 18.2 Å². The summed E-state index contributed by atoms with van der Waals surface area (Å²) in [7, 11) is 0. The first-order valence-electron chi connectivity index (χ1n) is 11.5. The van der Waals surface area contributed by atoms with E-state index in [1.807, 2.05) is 11.8 Å². The Morgan fingerprint density at radius 2 is 1.94 bits per heavy atom. The van der Waals surface area contributed by atoms with Crippen LogP contribution in [0.5, 0.6) is 0 Å². The van der Waals surface area contributed by atoms with Gasteiger partial charge < -0.3 is 14.3 Å². The molecule has 7 nitrogen and oxygen atoms in total. The lowest BCUT2D eigenvalue weighted by Crippen LogP contribution is -2.35. The zero-order valence-corrected chi connectivity index (χ0v) is 19.5. The van der Waals surface area contributed by atoms with E-state index in [1.54, 1.807) is 6.07 Å². The normalized spacial score (nSPS) is 15.3. The van der Waals surface area contributed by atoms with Gasteiger partial charge >= 0.3 is 6.18 Å². The Morgan fingerprint density at radius 3 is 2.65 bits per heavy atom. The van der Waals surface area contributed by atoms with Crippen LogP contribution in [0.15, 0.2) is 28.8 Å². The lowest BCUT2D eigenvalue weighted by atomic mass is 10.1. The fourth-order valence-electron chi connectivity index (χ4n) is 4.21. The molecular formula is C24H28F3N5O2. The first kappa shape index (κ1) is 24.0. The SMILES string of the molecule is CCC(=O)N1CCCN(c2nc(CC(C)C)nc3onc(-c4cccc(C(F)(F)F)c4)c23)CC1. The maximum atomic E-state index is 13.3. The zero-order valence-electron chi connectivity index (χ0n) is 19.5. The van der Waals surface area contributed by atoms with Crippen molar-refractivity contribution in [2.45, 2.75) is 46.2 Å². The highest BCUT2D eigenvalue weighted by Gasteiger charge is 2.31. The summed E-state index contributed by atoms with van der Waals surface area (Å²) in [6.07, 6.45) is -2.65. The van der Waals surface area contributed by atoms with Crippen LogP contribution in [0, 0.1) is 5.92 Å². The summed E-state index contributed by atoms with van der Waals surface area (Å²) in [4.78, 5) is 25.5. The number of fused-ring (bicyclic) bond motifs is 1. The van der Waals surface area contributed by atoms with Crippen LogP contribution in [0.3, 0.4) is 0 Å². The Kier molecular flexibility index (Phi) is 6.77. The lowest BCUT2D eigenvalue weighted by molar-refractivity contribution is -0.137. The minimum Gasteiger partial charge on any atom is -0.354 e. The summed E-state index contributed by atoms with van der Waals surface area (Å²) in [5, 5.41) is 4.60. The van der Waals surface area contributed by atoms with Gasteiger partial charge in [-0.1, -0.05) is 38.1 Å². The summed E-state index contributed by atoms with van der Waals surface area (Å²) in [6, 6.07) is 5.01. The van der Waals surface area contributed by atoms with E-state index in [4.69, 9.17) is 9.51 Å². The number of halogens is 3. The van der Waals surface area contributed by atoms with Crippen molar-refractivity contribution in [3.05, 3.63) is 35.7 Å². The number of anilines is 1. The van der Waals surface area contributed by atoms with E-state index < -0.39 is 11.7 Å². The van der Waals surface area contributed by atoms with Crippen molar-refractivity contribution in [3.63, 3.8) is 0 Å². The molecule has 1 fully saturated rings. The minimum atomic E-state index is -4.47. The van der Waals surface area contributed by atoms with Gasteiger partial charge in [0.2, 0.25) is 5.91 Å². The molecule has 0 unspecified atom stereocenters. The van der Waals surface area contributed by atoms with Crippen molar-refractivity contribution in [1.82, 2.24) is 20.0 Å². The molecule has 0 aliphatic carbocycles. The van der Waals surface area contributed by atoms with Crippen LogP contribution in [0.2, 0.25) is 0 Å². The minimum absolute atomic E-state index is 0.102. The zero-order chi connectivity index (χ0) is 24.5. The van der Waals surface area contributed by atoms with Gasteiger partial charge in [0.05, 0.1) is 5.56 Å². The number of hydrogen-bond acceptors (Lipinski definition) is 6. The predicted molar refractivity (Wildman–Crippen MR) is 122 cm³/mol. The Labute approximate surface area is 195 Å². The third-order valence-corrected chi connectivity index (χ3v) is 5.87. The molecular weight excluding hydrogens is 447 g/mol. The maximum absolute atomic E-state index is 13.3. The summed E-state index contributed by atoms with van der Waals surface area (Å²) < 4.78 is 45.5. The second-order valence-electron chi connectivity index (χ2n) is 8.93. The van der Waals surface area contributed by atoms with Crippen LogP contribution < -0.4 is 4.90 Å². The topological polar surface area (TPSA) is 75.4 Å². The molecule has 34 heavy (non-hydrogen) atoms. The number of carbonyl (C=O) groups is 1. The Morgan fingerprint density at radius 1 is 1.15 bits per heavy atom. The summed E-state index contributed by atoms with van der Waals surface area (Å²) in [5.74, 6) is 1.58. The Bertz CT molecular complexity index is 1180. The maximum Gasteiger partial charge on any atom is 0.416 e. The van der Waals surface area contributed by atoms with Crippen molar-refractivity contribution in [3.8, 4) is 11.3 Å². The van der Waals surface area contributed by atoms with Gasteiger partial charge in [-0.15, -0.1) is 0 Å². The average molecular weight is 476 g/mol. The number of rotatable bonds is 5. The monoisotopic (exact) mass is 475 g/mol. The molecule has 1 aromatic carbocycles. The molecule has 0 saturated carbocycles. The highest BCUT2D eigenvalue weighted by Crippen LogP contribution is 2.37. The fraction of sp³-hybridized carbons (Fsp3) is 0.500. The summed E-state index contributed by atoms with van der Waals surface area (Å²) in [6.45, 7) is 8.35.